The molecule has 0 spiro atoms. The summed E-state index contributed by atoms with van der Waals surface area (Å²) >= 11 is 9.77. The maximum absolute atomic E-state index is 4.92. The first kappa shape index (κ1) is 6.89. The van der Waals surface area contributed by atoms with Crippen LogP contribution in [0.2, 0.25) is 0 Å². The lowest BCUT2D eigenvalue weighted by Crippen LogP contribution is -2.50. The first-order valence-electron chi connectivity index (χ1n) is 2.79. The fourth-order valence-corrected chi connectivity index (χ4v) is 1.51. The molecule has 1 aliphatic rings. The number of thiocarbonyl (C=S) groups is 2. The Balaban J connectivity index is 2.53. The molecule has 9 heavy (non-hydrogen) atoms. The third-order valence-electron chi connectivity index (χ3n) is 1.12. The molecule has 0 aliphatic carbocycles. The van der Waals surface area contributed by atoms with Crippen LogP contribution in [0.15, 0.2) is 0 Å². The van der Waals surface area contributed by atoms with Crippen LogP contribution in [0.5, 0.6) is 0 Å². The van der Waals surface area contributed by atoms with Crippen molar-refractivity contribution < 1.29 is 0 Å². The van der Waals surface area contributed by atoms with Crippen LogP contribution in [0.4, 0.5) is 0 Å². The van der Waals surface area contributed by atoms with Gasteiger partial charge < -0.3 is 10.6 Å². The summed E-state index contributed by atoms with van der Waals surface area (Å²) in [6, 6.07) is 0.395. The molecule has 4 heteroatoms. The molecule has 1 fully saturated rings. The quantitative estimate of drug-likeness (QED) is 0.506. The third-order valence-corrected chi connectivity index (χ3v) is 1.61. The van der Waals surface area contributed by atoms with Gasteiger partial charge in [-0.1, -0.05) is 12.2 Å². The normalized spacial score (nSPS) is 27.0. The second-order valence-electron chi connectivity index (χ2n) is 2.13. The molecule has 2 nitrogen and oxygen atoms in total. The van der Waals surface area contributed by atoms with E-state index < -0.39 is 0 Å². The number of hydrogen-bond acceptors (Lipinski definition) is 2. The Kier molecular flexibility index (Phi) is 1.97. The van der Waals surface area contributed by atoms with E-state index in [1.54, 1.807) is 0 Å². The van der Waals surface area contributed by atoms with Crippen molar-refractivity contribution in [3.8, 4) is 0 Å². The third kappa shape index (κ3) is 1.87. The summed E-state index contributed by atoms with van der Waals surface area (Å²) in [6.07, 6.45) is 0.884. The molecular formula is C5H8N2S2. The van der Waals surface area contributed by atoms with Gasteiger partial charge in [0.25, 0.3) is 0 Å². The Labute approximate surface area is 65.0 Å². The highest BCUT2D eigenvalue weighted by atomic mass is 32.1. The molecule has 0 aromatic heterocycles. The molecular weight excluding hydrogens is 152 g/mol. The Morgan fingerprint density at radius 1 is 1.56 bits per heavy atom. The summed E-state index contributed by atoms with van der Waals surface area (Å²) in [6.45, 7) is 2.06. The molecule has 0 radical (unpaired) electrons. The van der Waals surface area contributed by atoms with Crippen LogP contribution >= 0.6 is 24.4 Å². The maximum atomic E-state index is 4.92. The van der Waals surface area contributed by atoms with Crippen molar-refractivity contribution in [1.82, 2.24) is 10.6 Å². The van der Waals surface area contributed by atoms with Crippen molar-refractivity contribution in [1.29, 1.82) is 0 Å². The summed E-state index contributed by atoms with van der Waals surface area (Å²) in [4.78, 5) is 0.839. The van der Waals surface area contributed by atoms with E-state index in [4.69, 9.17) is 24.4 Å². The predicted octanol–water partition coefficient (Wildman–Crippen LogP) is 0.570. The fraction of sp³-hybridized carbons (Fsp3) is 0.600. The van der Waals surface area contributed by atoms with Crippen LogP contribution in [0, 0.1) is 0 Å². The van der Waals surface area contributed by atoms with Gasteiger partial charge in [0.1, 0.15) is 0 Å². The molecule has 1 rings (SSSR count). The van der Waals surface area contributed by atoms with E-state index >= 15 is 0 Å². The van der Waals surface area contributed by atoms with E-state index in [1.165, 1.54) is 0 Å². The highest BCUT2D eigenvalue weighted by Crippen LogP contribution is 1.97. The Morgan fingerprint density at radius 2 is 2.22 bits per heavy atom. The standard InChI is InChI=1S/C5H8N2S2/c1-3-2-4(8)7-5(9)6-3/h3H,2H2,1H3,(H2,6,7,8,9). The molecule has 50 valence electrons. The van der Waals surface area contributed by atoms with E-state index in [0.29, 0.717) is 11.2 Å². The zero-order chi connectivity index (χ0) is 6.85. The number of hydrogen-bond donors (Lipinski definition) is 2. The largest absolute Gasteiger partial charge is 0.360 e. The molecule has 0 amide bonds. The molecule has 1 heterocycles. The van der Waals surface area contributed by atoms with Crippen molar-refractivity contribution in [3.05, 3.63) is 0 Å². The molecule has 0 aromatic rings. The lowest BCUT2D eigenvalue weighted by atomic mass is 10.2. The molecule has 1 unspecified atom stereocenters. The SMILES string of the molecule is CC1CC(=S)NC(=S)N1. The number of rotatable bonds is 0. The molecule has 0 bridgehead atoms. The van der Waals surface area contributed by atoms with Gasteiger partial charge in [-0.2, -0.15) is 0 Å². The Bertz CT molecular complexity index is 139. The van der Waals surface area contributed by atoms with Crippen molar-refractivity contribution >= 4 is 34.5 Å². The summed E-state index contributed by atoms with van der Waals surface area (Å²) < 4.78 is 0. The summed E-state index contributed by atoms with van der Waals surface area (Å²) in [5.74, 6) is 0. The van der Waals surface area contributed by atoms with Crippen molar-refractivity contribution in [2.75, 3.05) is 0 Å². The molecule has 1 atom stereocenters. The first-order valence-corrected chi connectivity index (χ1v) is 3.60. The second kappa shape index (κ2) is 2.58. The van der Waals surface area contributed by atoms with Gasteiger partial charge in [-0.15, -0.1) is 0 Å². The molecule has 0 aromatic carbocycles. The van der Waals surface area contributed by atoms with Gasteiger partial charge >= 0.3 is 0 Å². The van der Waals surface area contributed by atoms with Crippen LogP contribution in [0.3, 0.4) is 0 Å². The van der Waals surface area contributed by atoms with Crippen LogP contribution < -0.4 is 10.6 Å². The fourth-order valence-electron chi connectivity index (χ4n) is 0.767. The van der Waals surface area contributed by atoms with Crippen LogP contribution in [0.1, 0.15) is 13.3 Å². The maximum Gasteiger partial charge on any atom is 0.171 e. The van der Waals surface area contributed by atoms with Crippen LogP contribution in [-0.2, 0) is 0 Å². The van der Waals surface area contributed by atoms with Crippen molar-refractivity contribution in [2.24, 2.45) is 0 Å². The minimum atomic E-state index is 0.395. The van der Waals surface area contributed by atoms with Gasteiger partial charge in [0, 0.05) is 12.5 Å². The zero-order valence-corrected chi connectivity index (χ0v) is 6.73. The van der Waals surface area contributed by atoms with E-state index in [1.807, 2.05) is 0 Å². The number of nitrogens with one attached hydrogen (secondary N) is 2. The monoisotopic (exact) mass is 160 g/mol. The van der Waals surface area contributed by atoms with Gasteiger partial charge in [0.15, 0.2) is 5.11 Å². The van der Waals surface area contributed by atoms with Gasteiger partial charge in [0.05, 0.1) is 4.99 Å². The predicted molar refractivity (Wildman–Crippen MR) is 45.5 cm³/mol. The lowest BCUT2D eigenvalue weighted by Gasteiger charge is -2.23. The zero-order valence-electron chi connectivity index (χ0n) is 5.10. The van der Waals surface area contributed by atoms with E-state index in [9.17, 15) is 0 Å². The lowest BCUT2D eigenvalue weighted by molar-refractivity contribution is 0.666. The molecule has 0 saturated carbocycles. The van der Waals surface area contributed by atoms with Crippen LogP contribution in [-0.4, -0.2) is 16.1 Å². The molecule has 1 saturated heterocycles. The highest BCUT2D eigenvalue weighted by molar-refractivity contribution is 7.81. The first-order chi connectivity index (χ1) is 4.18. The van der Waals surface area contributed by atoms with E-state index in [2.05, 4.69) is 17.6 Å². The van der Waals surface area contributed by atoms with Gasteiger partial charge in [-0.05, 0) is 19.1 Å². The molecule has 1 aliphatic heterocycles. The van der Waals surface area contributed by atoms with Gasteiger partial charge in [-0.25, -0.2) is 0 Å². The van der Waals surface area contributed by atoms with E-state index in [0.717, 1.165) is 11.4 Å². The van der Waals surface area contributed by atoms with Crippen molar-refractivity contribution in [2.45, 2.75) is 19.4 Å². The van der Waals surface area contributed by atoms with E-state index in [-0.39, 0.29) is 0 Å². The highest BCUT2D eigenvalue weighted by Gasteiger charge is 2.13. The topological polar surface area (TPSA) is 24.1 Å². The van der Waals surface area contributed by atoms with Gasteiger partial charge in [-0.3, -0.25) is 0 Å². The summed E-state index contributed by atoms with van der Waals surface area (Å²) in [7, 11) is 0. The van der Waals surface area contributed by atoms with Crippen LogP contribution in [0.25, 0.3) is 0 Å². The summed E-state index contributed by atoms with van der Waals surface area (Å²) in [5, 5.41) is 6.56. The smallest absolute Gasteiger partial charge is 0.171 e. The minimum absolute atomic E-state index is 0.395. The van der Waals surface area contributed by atoms with Gasteiger partial charge in [0.2, 0.25) is 0 Å². The second-order valence-corrected chi connectivity index (χ2v) is 3.03. The Morgan fingerprint density at radius 3 is 2.67 bits per heavy atom. The summed E-state index contributed by atoms with van der Waals surface area (Å²) in [5.41, 5.74) is 0. The molecule has 2 N–H and O–H groups in total. The van der Waals surface area contributed by atoms with Crippen molar-refractivity contribution in [3.63, 3.8) is 0 Å². The Hall–Kier alpha value is -0.220. The minimum Gasteiger partial charge on any atom is -0.360 e. The average Bonchev–Trinajstić information content (AvgIpc) is 1.59. The average molecular weight is 160 g/mol.